The molecular weight excluding hydrogens is 724 g/mol. The standard InChI is InChI=1S/C35H46O19/c1-16-25(41)27(43)28(44)32(51-16)53-29-26(42)23(13-49-24(40)8-5-17-4-7-20(38)22(12-17)47-2)52-33(48-10-9-18-3-6-19(37)21(39)11-18)30(29)54-34-31(45)35(46,14-36)15-50-34/h3-8,11-12,16,23,25-34,36-39,41-46H,9-10,13-15H2,1-2H3/b8-5-/t16-,23+,25-,26+,27+,28+,29-,30+,31+,32-,33+,34-,35+/m0/s1. The first kappa shape index (κ1) is 41.5. The molecule has 5 rings (SSSR count). The number of aliphatic hydroxyl groups is 7. The number of methoxy groups -OCH3 is 1. The van der Waals surface area contributed by atoms with Crippen LogP contribution in [-0.2, 0) is 44.4 Å². The van der Waals surface area contributed by atoms with Gasteiger partial charge in [0.1, 0.15) is 61.0 Å². The summed E-state index contributed by atoms with van der Waals surface area (Å²) < 4.78 is 45.5. The van der Waals surface area contributed by atoms with Gasteiger partial charge in [0.15, 0.2) is 41.9 Å². The maximum atomic E-state index is 12.8. The fourth-order valence-corrected chi connectivity index (χ4v) is 6.00. The Morgan fingerprint density at radius 3 is 2.28 bits per heavy atom. The molecule has 19 nitrogen and oxygen atoms in total. The van der Waals surface area contributed by atoms with E-state index in [9.17, 15) is 55.9 Å². The monoisotopic (exact) mass is 770 g/mol. The largest absolute Gasteiger partial charge is 0.504 e. The Bertz CT molecular complexity index is 1590. The normalized spacial score (nSPS) is 35.6. The molecule has 0 aliphatic carbocycles. The lowest BCUT2D eigenvalue weighted by Crippen LogP contribution is -2.65. The van der Waals surface area contributed by atoms with E-state index in [1.165, 1.54) is 56.5 Å². The zero-order chi connectivity index (χ0) is 39.3. The molecule has 54 heavy (non-hydrogen) atoms. The van der Waals surface area contributed by atoms with Crippen molar-refractivity contribution in [3.05, 3.63) is 53.6 Å². The van der Waals surface area contributed by atoms with Crippen LogP contribution in [0, 0.1) is 0 Å². The maximum Gasteiger partial charge on any atom is 0.330 e. The average molecular weight is 771 g/mol. The zero-order valence-corrected chi connectivity index (χ0v) is 29.2. The Balaban J connectivity index is 1.40. The van der Waals surface area contributed by atoms with Crippen molar-refractivity contribution in [3.8, 4) is 23.0 Å². The Hall–Kier alpha value is -3.67. The van der Waals surface area contributed by atoms with Crippen molar-refractivity contribution in [2.24, 2.45) is 0 Å². The van der Waals surface area contributed by atoms with Gasteiger partial charge < -0.3 is 89.0 Å². The SMILES string of the molecule is COc1cc(/C=C\C(=O)OC[C@H]2O[C@@H](OCCc3ccc(O)c(O)c3)[C@H](O[C@@H]3OC[C@](O)(CO)[C@@H]3O)[C@@H](O[C@@H]3O[C@@H](C)[C@H](O)[C@@H](O)[C@H]3O)[C@@H]2O)ccc1O. The molecule has 3 fully saturated rings. The van der Waals surface area contributed by atoms with Gasteiger partial charge in [-0.3, -0.25) is 0 Å². The van der Waals surface area contributed by atoms with Gasteiger partial charge in [-0.25, -0.2) is 4.79 Å². The Morgan fingerprint density at radius 2 is 1.59 bits per heavy atom. The van der Waals surface area contributed by atoms with E-state index in [4.69, 9.17) is 37.9 Å². The van der Waals surface area contributed by atoms with Crippen molar-refractivity contribution in [3.63, 3.8) is 0 Å². The molecular formula is C35H46O19. The fraction of sp³-hybridized carbons (Fsp3) is 0.571. The molecule has 0 spiro atoms. The summed E-state index contributed by atoms with van der Waals surface area (Å²) in [7, 11) is 1.36. The summed E-state index contributed by atoms with van der Waals surface area (Å²) in [6.07, 6.45) is -16.8. The molecule has 10 N–H and O–H groups in total. The predicted octanol–water partition coefficient (Wildman–Crippen LogP) is -2.25. The van der Waals surface area contributed by atoms with Gasteiger partial charge in [0, 0.05) is 6.08 Å². The molecule has 300 valence electrons. The van der Waals surface area contributed by atoms with E-state index in [-0.39, 0.29) is 36.0 Å². The third kappa shape index (κ3) is 9.40. The van der Waals surface area contributed by atoms with Gasteiger partial charge in [-0.1, -0.05) is 12.1 Å². The Kier molecular flexibility index (Phi) is 13.7. The van der Waals surface area contributed by atoms with Crippen molar-refractivity contribution < 1.29 is 93.8 Å². The zero-order valence-electron chi connectivity index (χ0n) is 29.2. The molecule has 3 heterocycles. The molecule has 0 bridgehead atoms. The van der Waals surface area contributed by atoms with Crippen LogP contribution in [0.4, 0.5) is 0 Å². The minimum Gasteiger partial charge on any atom is -0.504 e. The van der Waals surface area contributed by atoms with Crippen molar-refractivity contribution in [1.82, 2.24) is 0 Å². The highest BCUT2D eigenvalue weighted by molar-refractivity contribution is 5.87. The Labute approximate surface area is 308 Å². The number of phenols is 3. The Morgan fingerprint density at radius 1 is 0.870 bits per heavy atom. The molecule has 3 saturated heterocycles. The number of benzene rings is 2. The summed E-state index contributed by atoms with van der Waals surface area (Å²) in [5.41, 5.74) is -1.12. The molecule has 0 radical (unpaired) electrons. The number of aromatic hydroxyl groups is 3. The summed E-state index contributed by atoms with van der Waals surface area (Å²) in [5.74, 6) is -1.54. The fourth-order valence-electron chi connectivity index (χ4n) is 6.00. The first-order chi connectivity index (χ1) is 25.6. The van der Waals surface area contributed by atoms with Crippen molar-refractivity contribution in [2.75, 3.05) is 33.5 Å². The lowest BCUT2D eigenvalue weighted by atomic mass is 9.96. The summed E-state index contributed by atoms with van der Waals surface area (Å²) in [5, 5.41) is 104. The van der Waals surface area contributed by atoms with E-state index in [2.05, 4.69) is 0 Å². The van der Waals surface area contributed by atoms with Gasteiger partial charge in [-0.05, 0) is 54.8 Å². The van der Waals surface area contributed by atoms with Gasteiger partial charge >= 0.3 is 5.97 Å². The third-order valence-corrected chi connectivity index (χ3v) is 9.31. The van der Waals surface area contributed by atoms with Gasteiger partial charge in [-0.2, -0.15) is 0 Å². The van der Waals surface area contributed by atoms with Crippen molar-refractivity contribution >= 4 is 12.0 Å². The molecule has 0 saturated carbocycles. The highest BCUT2D eigenvalue weighted by Gasteiger charge is 2.55. The van der Waals surface area contributed by atoms with Gasteiger partial charge in [-0.15, -0.1) is 0 Å². The lowest BCUT2D eigenvalue weighted by Gasteiger charge is -2.47. The summed E-state index contributed by atoms with van der Waals surface area (Å²) in [6.45, 7) is -0.830. The summed E-state index contributed by atoms with van der Waals surface area (Å²) in [4.78, 5) is 12.8. The number of ether oxygens (including phenoxy) is 8. The summed E-state index contributed by atoms with van der Waals surface area (Å²) >= 11 is 0. The molecule has 3 aliphatic heterocycles. The van der Waals surface area contributed by atoms with E-state index in [0.29, 0.717) is 11.1 Å². The van der Waals surface area contributed by atoms with Crippen LogP contribution in [-0.4, -0.2) is 170 Å². The van der Waals surface area contributed by atoms with Crippen LogP contribution in [0.15, 0.2) is 42.5 Å². The van der Waals surface area contributed by atoms with Crippen LogP contribution >= 0.6 is 0 Å². The van der Waals surface area contributed by atoms with Crippen molar-refractivity contribution in [2.45, 2.75) is 92.8 Å². The number of carbonyl (C=O) groups excluding carboxylic acids is 1. The third-order valence-electron chi connectivity index (χ3n) is 9.31. The number of esters is 1. The first-order valence-electron chi connectivity index (χ1n) is 17.0. The van der Waals surface area contributed by atoms with E-state index in [1.54, 1.807) is 0 Å². The number of rotatable bonds is 14. The second-order valence-corrected chi connectivity index (χ2v) is 13.1. The molecule has 13 atom stereocenters. The van der Waals surface area contributed by atoms with Crippen molar-refractivity contribution in [1.29, 1.82) is 0 Å². The molecule has 0 amide bonds. The average Bonchev–Trinajstić information content (AvgIpc) is 3.44. The number of hydrogen-bond donors (Lipinski definition) is 10. The van der Waals surface area contributed by atoms with Crippen LogP contribution in [0.3, 0.4) is 0 Å². The van der Waals surface area contributed by atoms with Crippen LogP contribution in [0.25, 0.3) is 6.08 Å². The second-order valence-electron chi connectivity index (χ2n) is 13.1. The maximum absolute atomic E-state index is 12.8. The van der Waals surface area contributed by atoms with E-state index in [0.717, 1.165) is 6.08 Å². The highest BCUT2D eigenvalue weighted by Crippen LogP contribution is 2.35. The quantitative estimate of drug-likeness (QED) is 0.0552. The van der Waals surface area contributed by atoms with E-state index < -0.39 is 105 Å². The molecule has 0 aromatic heterocycles. The molecule has 19 heteroatoms. The van der Waals surface area contributed by atoms with Crippen LogP contribution in [0.1, 0.15) is 18.1 Å². The van der Waals surface area contributed by atoms with Gasteiger partial charge in [0.05, 0.1) is 33.0 Å². The number of carbonyl (C=O) groups is 1. The topological polar surface area (TPSA) is 293 Å². The number of hydrogen-bond acceptors (Lipinski definition) is 19. The predicted molar refractivity (Wildman–Crippen MR) is 179 cm³/mol. The van der Waals surface area contributed by atoms with Crippen LogP contribution in [0.5, 0.6) is 23.0 Å². The number of aliphatic hydroxyl groups excluding tert-OH is 6. The molecule has 3 aliphatic rings. The summed E-state index contributed by atoms with van der Waals surface area (Å²) in [6, 6.07) is 8.45. The van der Waals surface area contributed by atoms with Crippen LogP contribution in [0.2, 0.25) is 0 Å². The molecule has 2 aromatic carbocycles. The van der Waals surface area contributed by atoms with Gasteiger partial charge in [0.2, 0.25) is 0 Å². The minimum atomic E-state index is -2.12. The minimum absolute atomic E-state index is 0.109. The van der Waals surface area contributed by atoms with Crippen LogP contribution < -0.4 is 4.74 Å². The highest BCUT2D eigenvalue weighted by atomic mass is 16.8. The molecule has 2 aromatic rings. The molecule has 0 unspecified atom stereocenters. The van der Waals surface area contributed by atoms with E-state index >= 15 is 0 Å². The second kappa shape index (κ2) is 17.9. The number of phenolic OH excluding ortho intramolecular Hbond substituents is 3. The lowest BCUT2D eigenvalue weighted by molar-refractivity contribution is -0.375. The smallest absolute Gasteiger partial charge is 0.330 e. The first-order valence-corrected chi connectivity index (χ1v) is 17.0. The van der Waals surface area contributed by atoms with E-state index in [1.807, 2.05) is 0 Å². The van der Waals surface area contributed by atoms with Gasteiger partial charge in [0.25, 0.3) is 0 Å².